The lowest BCUT2D eigenvalue weighted by Crippen LogP contribution is -2.22. The molecule has 0 bridgehead atoms. The van der Waals surface area contributed by atoms with Gasteiger partial charge in [0, 0.05) is 23.9 Å². The fourth-order valence-electron chi connectivity index (χ4n) is 2.43. The van der Waals surface area contributed by atoms with Crippen molar-refractivity contribution in [2.75, 3.05) is 13.1 Å². The molecule has 1 aromatic rings. The molecule has 96 valence electrons. The molecule has 1 aromatic heterocycles. The van der Waals surface area contributed by atoms with Gasteiger partial charge >= 0.3 is 0 Å². The highest BCUT2D eigenvalue weighted by atomic mass is 15.1. The van der Waals surface area contributed by atoms with Gasteiger partial charge in [0.05, 0.1) is 6.33 Å². The van der Waals surface area contributed by atoms with Crippen molar-refractivity contribution < 1.29 is 0 Å². The molecule has 1 fully saturated rings. The van der Waals surface area contributed by atoms with Gasteiger partial charge in [0.25, 0.3) is 0 Å². The molecule has 2 rings (SSSR count). The van der Waals surface area contributed by atoms with Gasteiger partial charge in [-0.1, -0.05) is 13.8 Å². The van der Waals surface area contributed by atoms with Crippen LogP contribution in [-0.2, 0) is 0 Å². The fraction of sp³-hybridized carbons (Fsp3) is 0.786. The molecule has 0 saturated heterocycles. The Hall–Kier alpha value is -0.830. The van der Waals surface area contributed by atoms with Crippen LogP contribution in [0.2, 0.25) is 0 Å². The van der Waals surface area contributed by atoms with E-state index in [1.165, 1.54) is 12.1 Å². The summed E-state index contributed by atoms with van der Waals surface area (Å²) in [6.45, 7) is 11.2. The minimum Gasteiger partial charge on any atom is -0.332 e. The Morgan fingerprint density at radius 1 is 1.41 bits per heavy atom. The maximum atomic E-state index is 4.29. The maximum absolute atomic E-state index is 4.29. The summed E-state index contributed by atoms with van der Waals surface area (Å²) in [4.78, 5) is 4.29. The summed E-state index contributed by atoms with van der Waals surface area (Å²) < 4.78 is 2.31. The second-order valence-electron chi connectivity index (χ2n) is 5.97. The molecule has 3 heteroatoms. The van der Waals surface area contributed by atoms with Crippen molar-refractivity contribution in [1.29, 1.82) is 0 Å². The lowest BCUT2D eigenvalue weighted by Gasteiger charge is -2.12. The molecule has 0 aromatic carbocycles. The zero-order valence-electron chi connectivity index (χ0n) is 11.5. The maximum Gasteiger partial charge on any atom is 0.0950 e. The van der Waals surface area contributed by atoms with E-state index >= 15 is 0 Å². The van der Waals surface area contributed by atoms with E-state index < -0.39 is 0 Å². The third kappa shape index (κ3) is 3.09. The molecular formula is C14H25N3. The number of nitrogens with zero attached hydrogens (tertiary/aromatic N) is 2. The number of imidazole rings is 1. The average molecular weight is 235 g/mol. The first-order chi connectivity index (χ1) is 8.09. The Kier molecular flexibility index (Phi) is 3.87. The summed E-state index contributed by atoms with van der Waals surface area (Å²) in [7, 11) is 0. The summed E-state index contributed by atoms with van der Waals surface area (Å²) in [6, 6.07) is 0.525. The summed E-state index contributed by atoms with van der Waals surface area (Å²) in [6.07, 6.45) is 5.34. The smallest absolute Gasteiger partial charge is 0.0950 e. The standard InChI is InChI=1S/C14H25N3/c1-10(2)6-15-7-12-5-13(12)14-8-16-9-17(14)11(3)4/h8-13,15H,5-7H2,1-4H3. The van der Waals surface area contributed by atoms with E-state index in [4.69, 9.17) is 0 Å². The molecule has 0 radical (unpaired) electrons. The van der Waals surface area contributed by atoms with Gasteiger partial charge in [-0.05, 0) is 45.2 Å². The first kappa shape index (κ1) is 12.6. The molecule has 1 heterocycles. The molecule has 1 saturated carbocycles. The molecule has 2 unspecified atom stereocenters. The van der Waals surface area contributed by atoms with Gasteiger partial charge in [-0.3, -0.25) is 0 Å². The minimum absolute atomic E-state index is 0.525. The second-order valence-corrected chi connectivity index (χ2v) is 5.97. The lowest BCUT2D eigenvalue weighted by atomic mass is 10.2. The first-order valence-corrected chi connectivity index (χ1v) is 6.82. The molecular weight excluding hydrogens is 210 g/mol. The van der Waals surface area contributed by atoms with Crippen LogP contribution in [0.4, 0.5) is 0 Å². The van der Waals surface area contributed by atoms with Crippen LogP contribution in [0.25, 0.3) is 0 Å². The molecule has 0 amide bonds. The topological polar surface area (TPSA) is 29.9 Å². The van der Waals surface area contributed by atoms with Crippen LogP contribution >= 0.6 is 0 Å². The van der Waals surface area contributed by atoms with Crippen LogP contribution < -0.4 is 5.32 Å². The molecule has 0 spiro atoms. The van der Waals surface area contributed by atoms with Crippen molar-refractivity contribution in [3.05, 3.63) is 18.2 Å². The summed E-state index contributed by atoms with van der Waals surface area (Å²) in [5.74, 6) is 2.30. The molecule has 1 N–H and O–H groups in total. The summed E-state index contributed by atoms with van der Waals surface area (Å²) >= 11 is 0. The van der Waals surface area contributed by atoms with Crippen molar-refractivity contribution >= 4 is 0 Å². The number of nitrogens with one attached hydrogen (secondary N) is 1. The van der Waals surface area contributed by atoms with E-state index in [2.05, 4.69) is 42.6 Å². The fourth-order valence-corrected chi connectivity index (χ4v) is 2.43. The van der Waals surface area contributed by atoms with Gasteiger partial charge in [-0.15, -0.1) is 0 Å². The van der Waals surface area contributed by atoms with Gasteiger partial charge in [0.15, 0.2) is 0 Å². The molecule has 3 nitrogen and oxygen atoms in total. The highest BCUT2D eigenvalue weighted by Gasteiger charge is 2.39. The Morgan fingerprint density at radius 3 is 2.82 bits per heavy atom. The third-order valence-corrected chi connectivity index (χ3v) is 3.51. The van der Waals surface area contributed by atoms with Crippen LogP contribution in [0, 0.1) is 11.8 Å². The predicted molar refractivity (Wildman–Crippen MR) is 71.2 cm³/mol. The Labute approximate surface area is 105 Å². The minimum atomic E-state index is 0.525. The molecule has 1 aliphatic rings. The van der Waals surface area contributed by atoms with Crippen molar-refractivity contribution in [1.82, 2.24) is 14.9 Å². The van der Waals surface area contributed by atoms with Crippen molar-refractivity contribution in [2.24, 2.45) is 11.8 Å². The normalized spacial score (nSPS) is 23.6. The number of aromatic nitrogens is 2. The van der Waals surface area contributed by atoms with E-state index in [1.54, 1.807) is 0 Å². The SMILES string of the molecule is CC(C)CNCC1CC1c1cncn1C(C)C. The summed E-state index contributed by atoms with van der Waals surface area (Å²) in [5.41, 5.74) is 1.43. The van der Waals surface area contributed by atoms with E-state index in [0.29, 0.717) is 6.04 Å². The summed E-state index contributed by atoms with van der Waals surface area (Å²) in [5, 5.41) is 3.56. The quantitative estimate of drug-likeness (QED) is 0.821. The average Bonchev–Trinajstić information content (AvgIpc) is 2.84. The molecule has 2 atom stereocenters. The zero-order chi connectivity index (χ0) is 12.4. The van der Waals surface area contributed by atoms with E-state index in [0.717, 1.165) is 30.8 Å². The van der Waals surface area contributed by atoms with Crippen molar-refractivity contribution in [3.8, 4) is 0 Å². The van der Waals surface area contributed by atoms with Gasteiger partial charge < -0.3 is 9.88 Å². The van der Waals surface area contributed by atoms with Gasteiger partial charge in [-0.25, -0.2) is 4.98 Å². The van der Waals surface area contributed by atoms with Gasteiger partial charge in [-0.2, -0.15) is 0 Å². The largest absolute Gasteiger partial charge is 0.332 e. The predicted octanol–water partition coefficient (Wildman–Crippen LogP) is 2.81. The molecule has 1 aliphatic carbocycles. The number of hydrogen-bond donors (Lipinski definition) is 1. The third-order valence-electron chi connectivity index (χ3n) is 3.51. The monoisotopic (exact) mass is 235 g/mol. The number of rotatable bonds is 6. The molecule has 0 aliphatic heterocycles. The van der Waals surface area contributed by atoms with E-state index in [1.807, 2.05) is 12.5 Å². The van der Waals surface area contributed by atoms with Crippen LogP contribution in [0.1, 0.15) is 51.8 Å². The van der Waals surface area contributed by atoms with Crippen molar-refractivity contribution in [3.63, 3.8) is 0 Å². The van der Waals surface area contributed by atoms with Crippen LogP contribution in [0.3, 0.4) is 0 Å². The van der Waals surface area contributed by atoms with Crippen molar-refractivity contribution in [2.45, 2.75) is 46.1 Å². The second kappa shape index (κ2) is 5.21. The molecule has 17 heavy (non-hydrogen) atoms. The Bertz CT molecular complexity index is 354. The first-order valence-electron chi connectivity index (χ1n) is 6.82. The van der Waals surface area contributed by atoms with E-state index in [9.17, 15) is 0 Å². The number of hydrogen-bond acceptors (Lipinski definition) is 2. The lowest BCUT2D eigenvalue weighted by molar-refractivity contribution is 0.525. The highest BCUT2D eigenvalue weighted by Crippen LogP contribution is 2.47. The Balaban J connectivity index is 1.83. The van der Waals surface area contributed by atoms with Gasteiger partial charge in [0.1, 0.15) is 0 Å². The van der Waals surface area contributed by atoms with Crippen LogP contribution in [-0.4, -0.2) is 22.6 Å². The Morgan fingerprint density at radius 2 is 2.18 bits per heavy atom. The zero-order valence-corrected chi connectivity index (χ0v) is 11.5. The van der Waals surface area contributed by atoms with Crippen LogP contribution in [0.5, 0.6) is 0 Å². The van der Waals surface area contributed by atoms with Crippen LogP contribution in [0.15, 0.2) is 12.5 Å². The van der Waals surface area contributed by atoms with E-state index in [-0.39, 0.29) is 0 Å². The highest BCUT2D eigenvalue weighted by molar-refractivity contribution is 5.17. The van der Waals surface area contributed by atoms with Gasteiger partial charge in [0.2, 0.25) is 0 Å².